The molecule has 2 N–H and O–H groups in total. The average Bonchev–Trinajstić information content (AvgIpc) is 2.63. The molecule has 0 spiro atoms. The van der Waals surface area contributed by atoms with E-state index in [0.717, 1.165) is 5.56 Å². The van der Waals surface area contributed by atoms with Crippen LogP contribution in [0.2, 0.25) is 5.02 Å². The van der Waals surface area contributed by atoms with E-state index in [4.69, 9.17) is 21.1 Å². The Balaban J connectivity index is 1.47. The maximum Gasteiger partial charge on any atom is 0.325 e. The molecule has 0 radical (unpaired) electrons. The number of imide groups is 1. The van der Waals surface area contributed by atoms with Gasteiger partial charge in [0.25, 0.3) is 0 Å². The molecule has 2 aromatic carbocycles. The van der Waals surface area contributed by atoms with E-state index in [1.807, 2.05) is 12.1 Å². The summed E-state index contributed by atoms with van der Waals surface area (Å²) in [6.07, 6.45) is 0. The first kappa shape index (κ1) is 19.0. The van der Waals surface area contributed by atoms with E-state index in [0.29, 0.717) is 42.0 Å². The second kappa shape index (κ2) is 8.75. The van der Waals surface area contributed by atoms with Gasteiger partial charge in [-0.15, -0.1) is 0 Å². The third-order valence-corrected chi connectivity index (χ3v) is 4.08. The molecule has 0 aliphatic carbocycles. The van der Waals surface area contributed by atoms with E-state index in [1.54, 1.807) is 42.3 Å². The average molecular weight is 390 g/mol. The van der Waals surface area contributed by atoms with Crippen molar-refractivity contribution in [1.82, 2.24) is 10.2 Å². The maximum absolute atomic E-state index is 12.1. The third-order valence-electron chi connectivity index (χ3n) is 3.83. The number of amides is 3. The summed E-state index contributed by atoms with van der Waals surface area (Å²) in [5, 5.41) is 5.58. The number of benzene rings is 2. The molecular formula is C19H20ClN3O4. The van der Waals surface area contributed by atoms with E-state index < -0.39 is 11.9 Å². The molecule has 8 heteroatoms. The van der Waals surface area contributed by atoms with Crippen molar-refractivity contribution in [2.45, 2.75) is 6.54 Å². The fourth-order valence-electron chi connectivity index (χ4n) is 2.65. The number of rotatable bonds is 5. The molecule has 0 fully saturated rings. The number of carbonyl (C=O) groups excluding carboxylic acids is 2. The molecule has 0 aromatic heterocycles. The van der Waals surface area contributed by atoms with Crippen LogP contribution >= 0.6 is 11.6 Å². The first-order valence-electron chi connectivity index (χ1n) is 8.43. The van der Waals surface area contributed by atoms with Gasteiger partial charge in [-0.3, -0.25) is 15.0 Å². The van der Waals surface area contributed by atoms with Gasteiger partial charge in [0.15, 0.2) is 11.5 Å². The summed E-state index contributed by atoms with van der Waals surface area (Å²) in [5.41, 5.74) is 1.54. The van der Waals surface area contributed by atoms with Gasteiger partial charge >= 0.3 is 6.03 Å². The van der Waals surface area contributed by atoms with Gasteiger partial charge in [-0.05, 0) is 36.9 Å². The van der Waals surface area contributed by atoms with Crippen molar-refractivity contribution in [1.29, 1.82) is 0 Å². The summed E-state index contributed by atoms with van der Waals surface area (Å²) in [5.74, 6) is 0.793. The lowest BCUT2D eigenvalue weighted by atomic mass is 10.2. The van der Waals surface area contributed by atoms with Crippen molar-refractivity contribution in [3.63, 3.8) is 0 Å². The second-order valence-corrected chi connectivity index (χ2v) is 6.60. The van der Waals surface area contributed by atoms with Crippen LogP contribution in [0.1, 0.15) is 5.56 Å². The highest BCUT2D eigenvalue weighted by Gasteiger charge is 2.14. The minimum atomic E-state index is -0.600. The van der Waals surface area contributed by atoms with Gasteiger partial charge in [-0.25, -0.2) is 4.79 Å². The Morgan fingerprint density at radius 1 is 1.07 bits per heavy atom. The lowest BCUT2D eigenvalue weighted by Crippen LogP contribution is -2.40. The van der Waals surface area contributed by atoms with Gasteiger partial charge in [-0.1, -0.05) is 23.7 Å². The van der Waals surface area contributed by atoms with Crippen LogP contribution in [0.25, 0.3) is 0 Å². The standard InChI is InChI=1S/C19H20ClN3O4/c1-23(11-13-2-4-14(20)5-3-13)12-18(24)22-19(25)21-15-6-7-16-17(10-15)27-9-8-26-16/h2-7,10H,8-9,11-12H2,1H3,(H2,21,22,24,25). The van der Waals surface area contributed by atoms with Crippen LogP contribution in [0.4, 0.5) is 10.5 Å². The number of carbonyl (C=O) groups is 2. The number of nitrogens with one attached hydrogen (secondary N) is 2. The fraction of sp³-hybridized carbons (Fsp3) is 0.263. The predicted molar refractivity (Wildman–Crippen MR) is 102 cm³/mol. The summed E-state index contributed by atoms with van der Waals surface area (Å²) in [4.78, 5) is 25.9. The number of likely N-dealkylation sites (N-methyl/N-ethyl adjacent to an activating group) is 1. The van der Waals surface area contributed by atoms with E-state index in [2.05, 4.69) is 10.6 Å². The lowest BCUT2D eigenvalue weighted by Gasteiger charge is -2.19. The highest BCUT2D eigenvalue weighted by molar-refractivity contribution is 6.30. The third kappa shape index (κ3) is 5.60. The first-order valence-corrected chi connectivity index (χ1v) is 8.81. The fourth-order valence-corrected chi connectivity index (χ4v) is 2.78. The van der Waals surface area contributed by atoms with Crippen LogP contribution in [-0.2, 0) is 11.3 Å². The summed E-state index contributed by atoms with van der Waals surface area (Å²) in [6.45, 7) is 1.60. The molecule has 0 bridgehead atoms. The largest absolute Gasteiger partial charge is 0.486 e. The Morgan fingerprint density at radius 3 is 2.52 bits per heavy atom. The Morgan fingerprint density at radius 2 is 1.78 bits per heavy atom. The summed E-state index contributed by atoms with van der Waals surface area (Å²) in [7, 11) is 1.80. The minimum Gasteiger partial charge on any atom is -0.486 e. The zero-order valence-electron chi connectivity index (χ0n) is 14.8. The molecule has 3 amide bonds. The van der Waals surface area contributed by atoms with Crippen LogP contribution in [0.15, 0.2) is 42.5 Å². The lowest BCUT2D eigenvalue weighted by molar-refractivity contribution is -0.120. The van der Waals surface area contributed by atoms with Crippen LogP contribution in [-0.4, -0.2) is 43.6 Å². The normalized spacial score (nSPS) is 12.6. The van der Waals surface area contributed by atoms with Gasteiger partial charge < -0.3 is 14.8 Å². The smallest absolute Gasteiger partial charge is 0.325 e. The van der Waals surface area contributed by atoms with Gasteiger partial charge in [0.2, 0.25) is 5.91 Å². The molecule has 27 heavy (non-hydrogen) atoms. The molecule has 0 saturated carbocycles. The zero-order valence-corrected chi connectivity index (χ0v) is 15.6. The summed E-state index contributed by atoms with van der Waals surface area (Å²) >= 11 is 5.86. The zero-order chi connectivity index (χ0) is 19.2. The van der Waals surface area contributed by atoms with Crippen molar-refractivity contribution in [3.8, 4) is 11.5 Å². The highest BCUT2D eigenvalue weighted by atomic mass is 35.5. The quantitative estimate of drug-likeness (QED) is 0.822. The molecule has 2 aromatic rings. The molecule has 7 nitrogen and oxygen atoms in total. The number of hydrogen-bond acceptors (Lipinski definition) is 5. The summed E-state index contributed by atoms with van der Waals surface area (Å²) in [6, 6.07) is 11.8. The highest BCUT2D eigenvalue weighted by Crippen LogP contribution is 2.32. The SMILES string of the molecule is CN(CC(=O)NC(=O)Nc1ccc2c(c1)OCCO2)Cc1ccc(Cl)cc1. The monoisotopic (exact) mass is 389 g/mol. The van der Waals surface area contributed by atoms with E-state index in [9.17, 15) is 9.59 Å². The van der Waals surface area contributed by atoms with Crippen LogP contribution in [0.5, 0.6) is 11.5 Å². The molecule has 1 aliphatic rings. The van der Waals surface area contributed by atoms with Gasteiger partial charge in [0, 0.05) is 23.3 Å². The van der Waals surface area contributed by atoms with Gasteiger partial charge in [-0.2, -0.15) is 0 Å². The van der Waals surface area contributed by atoms with Gasteiger partial charge in [0.1, 0.15) is 13.2 Å². The van der Waals surface area contributed by atoms with Crippen molar-refractivity contribution in [2.75, 3.05) is 32.1 Å². The molecule has 1 heterocycles. The molecule has 0 saturated heterocycles. The van der Waals surface area contributed by atoms with Crippen molar-refractivity contribution in [3.05, 3.63) is 53.1 Å². The van der Waals surface area contributed by atoms with E-state index in [1.165, 1.54) is 0 Å². The Hall–Kier alpha value is -2.77. The summed E-state index contributed by atoms with van der Waals surface area (Å²) < 4.78 is 10.9. The first-order chi connectivity index (χ1) is 13.0. The molecule has 142 valence electrons. The Bertz CT molecular complexity index is 826. The number of nitrogens with zero attached hydrogens (tertiary/aromatic N) is 1. The van der Waals surface area contributed by atoms with E-state index >= 15 is 0 Å². The van der Waals surface area contributed by atoms with Crippen molar-refractivity contribution >= 4 is 29.2 Å². The number of anilines is 1. The number of fused-ring (bicyclic) bond motifs is 1. The van der Waals surface area contributed by atoms with Crippen molar-refractivity contribution < 1.29 is 19.1 Å². The number of halogens is 1. The number of ether oxygens (including phenoxy) is 2. The van der Waals surface area contributed by atoms with Crippen LogP contribution in [0, 0.1) is 0 Å². The molecule has 0 unspecified atom stereocenters. The second-order valence-electron chi connectivity index (χ2n) is 6.16. The topological polar surface area (TPSA) is 79.9 Å². The van der Waals surface area contributed by atoms with Crippen LogP contribution < -0.4 is 20.1 Å². The molecular weight excluding hydrogens is 370 g/mol. The minimum absolute atomic E-state index is 0.0805. The maximum atomic E-state index is 12.1. The van der Waals surface area contributed by atoms with Gasteiger partial charge in [0.05, 0.1) is 6.54 Å². The Labute approximate surface area is 162 Å². The van der Waals surface area contributed by atoms with E-state index in [-0.39, 0.29) is 6.54 Å². The van der Waals surface area contributed by atoms with Crippen LogP contribution in [0.3, 0.4) is 0 Å². The predicted octanol–water partition coefficient (Wildman–Crippen LogP) is 2.89. The van der Waals surface area contributed by atoms with Crippen molar-refractivity contribution in [2.24, 2.45) is 0 Å². The Kier molecular flexibility index (Phi) is 6.16. The molecule has 3 rings (SSSR count). The number of urea groups is 1. The number of hydrogen-bond donors (Lipinski definition) is 2. The molecule has 1 aliphatic heterocycles. The molecule has 0 atom stereocenters.